The van der Waals surface area contributed by atoms with Crippen LogP contribution in [-0.4, -0.2) is 23.9 Å². The molecule has 2 rings (SSSR count). The number of benzene rings is 1. The van der Waals surface area contributed by atoms with Crippen LogP contribution in [0.25, 0.3) is 0 Å². The highest BCUT2D eigenvalue weighted by molar-refractivity contribution is 5.94. The van der Waals surface area contributed by atoms with E-state index in [1.165, 1.54) is 6.07 Å². The highest BCUT2D eigenvalue weighted by atomic mass is 19.1. The second-order valence-electron chi connectivity index (χ2n) is 5.25. The van der Waals surface area contributed by atoms with Gasteiger partial charge in [0.05, 0.1) is 0 Å². The van der Waals surface area contributed by atoms with E-state index in [-0.39, 0.29) is 0 Å². The van der Waals surface area contributed by atoms with Gasteiger partial charge in [-0.15, -0.1) is 0 Å². The number of carbonyl (C=O) groups is 1. The van der Waals surface area contributed by atoms with Gasteiger partial charge in [-0.05, 0) is 30.4 Å². The molecule has 0 aliphatic carbocycles. The molecule has 0 radical (unpaired) electrons. The molecule has 18 heavy (non-hydrogen) atoms. The summed E-state index contributed by atoms with van der Waals surface area (Å²) in [5, 5.41) is 0. The van der Waals surface area contributed by atoms with Crippen molar-refractivity contribution in [2.24, 2.45) is 11.8 Å². The van der Waals surface area contributed by atoms with E-state index in [0.717, 1.165) is 18.6 Å². The largest absolute Gasteiger partial charge is 0.338 e. The van der Waals surface area contributed by atoms with Crippen LogP contribution >= 0.6 is 0 Å². The summed E-state index contributed by atoms with van der Waals surface area (Å²) in [5.41, 5.74) is -0.432. The molecule has 1 heterocycles. The van der Waals surface area contributed by atoms with E-state index < -0.39 is 23.1 Å². The van der Waals surface area contributed by atoms with Gasteiger partial charge in [0.1, 0.15) is 17.2 Å². The first-order valence-corrected chi connectivity index (χ1v) is 6.22. The normalized spacial score (nSPS) is 24.1. The number of likely N-dealkylation sites (tertiary alicyclic amines) is 1. The Labute approximate surface area is 106 Å². The molecule has 1 aliphatic rings. The third-order valence-corrected chi connectivity index (χ3v) is 3.33. The Bertz CT molecular complexity index is 431. The smallest absolute Gasteiger partial charge is 0.259 e. The Hall–Kier alpha value is -1.45. The summed E-state index contributed by atoms with van der Waals surface area (Å²) in [7, 11) is 0. The second kappa shape index (κ2) is 5.04. The van der Waals surface area contributed by atoms with Crippen LogP contribution in [0.3, 0.4) is 0 Å². The summed E-state index contributed by atoms with van der Waals surface area (Å²) in [6, 6.07) is 3.50. The van der Waals surface area contributed by atoms with Crippen LogP contribution in [-0.2, 0) is 0 Å². The minimum absolute atomic E-state index is 0.368. The van der Waals surface area contributed by atoms with Gasteiger partial charge in [-0.3, -0.25) is 4.79 Å². The van der Waals surface area contributed by atoms with E-state index >= 15 is 0 Å². The van der Waals surface area contributed by atoms with Crippen molar-refractivity contribution >= 4 is 5.91 Å². The fraction of sp³-hybridized carbons (Fsp3) is 0.500. The zero-order chi connectivity index (χ0) is 13.3. The summed E-state index contributed by atoms with van der Waals surface area (Å²) in [6.07, 6.45) is 1.05. The molecule has 98 valence electrons. The molecule has 1 aromatic carbocycles. The molecule has 0 N–H and O–H groups in total. The fourth-order valence-electron chi connectivity index (χ4n) is 2.69. The molecule has 2 nitrogen and oxygen atoms in total. The van der Waals surface area contributed by atoms with Crippen molar-refractivity contribution in [3.05, 3.63) is 35.4 Å². The zero-order valence-corrected chi connectivity index (χ0v) is 10.6. The molecular formula is C14H17F2NO. The number of amides is 1. The summed E-state index contributed by atoms with van der Waals surface area (Å²) >= 11 is 0. The predicted octanol–water partition coefficient (Wildman–Crippen LogP) is 3.08. The maximum atomic E-state index is 13.6. The molecule has 0 aromatic heterocycles. The Kier molecular flexibility index (Phi) is 3.64. The van der Waals surface area contributed by atoms with Crippen LogP contribution < -0.4 is 0 Å². The highest BCUT2D eigenvalue weighted by Crippen LogP contribution is 2.24. The zero-order valence-electron chi connectivity index (χ0n) is 10.6. The average Bonchev–Trinajstić information content (AvgIpc) is 2.27. The molecule has 1 amide bonds. The molecule has 2 atom stereocenters. The van der Waals surface area contributed by atoms with E-state index in [1.807, 2.05) is 13.8 Å². The minimum Gasteiger partial charge on any atom is -0.338 e. The molecule has 1 fully saturated rings. The quantitative estimate of drug-likeness (QED) is 0.753. The maximum Gasteiger partial charge on any atom is 0.259 e. The van der Waals surface area contributed by atoms with Gasteiger partial charge in [0.15, 0.2) is 0 Å². The molecule has 1 aliphatic heterocycles. The van der Waals surface area contributed by atoms with Gasteiger partial charge < -0.3 is 4.90 Å². The number of piperidine rings is 1. The van der Waals surface area contributed by atoms with Crippen LogP contribution in [0.4, 0.5) is 8.78 Å². The van der Waals surface area contributed by atoms with Crippen molar-refractivity contribution in [1.29, 1.82) is 0 Å². The molecule has 1 saturated heterocycles. The monoisotopic (exact) mass is 253 g/mol. The summed E-state index contributed by atoms with van der Waals surface area (Å²) in [6.45, 7) is 5.23. The number of nitrogens with zero attached hydrogens (tertiary/aromatic N) is 1. The lowest BCUT2D eigenvalue weighted by Crippen LogP contribution is -2.43. The first-order chi connectivity index (χ1) is 8.49. The van der Waals surface area contributed by atoms with Gasteiger partial charge in [0.2, 0.25) is 0 Å². The molecule has 0 saturated carbocycles. The van der Waals surface area contributed by atoms with E-state index in [2.05, 4.69) is 0 Å². The molecular weight excluding hydrogens is 236 g/mol. The summed E-state index contributed by atoms with van der Waals surface area (Å²) in [5.74, 6) is -1.37. The van der Waals surface area contributed by atoms with Crippen molar-refractivity contribution in [3.63, 3.8) is 0 Å². The van der Waals surface area contributed by atoms with Gasteiger partial charge >= 0.3 is 0 Å². The highest BCUT2D eigenvalue weighted by Gasteiger charge is 2.29. The molecule has 0 spiro atoms. The Morgan fingerprint density at radius 1 is 1.17 bits per heavy atom. The first kappa shape index (κ1) is 13.0. The molecule has 0 bridgehead atoms. The Morgan fingerprint density at radius 2 is 1.67 bits per heavy atom. The maximum absolute atomic E-state index is 13.6. The van der Waals surface area contributed by atoms with Gasteiger partial charge in [-0.1, -0.05) is 19.9 Å². The third-order valence-electron chi connectivity index (χ3n) is 3.33. The van der Waals surface area contributed by atoms with Crippen LogP contribution in [0.15, 0.2) is 18.2 Å². The lowest BCUT2D eigenvalue weighted by molar-refractivity contribution is 0.0613. The van der Waals surface area contributed by atoms with Crippen molar-refractivity contribution in [2.45, 2.75) is 20.3 Å². The van der Waals surface area contributed by atoms with Crippen molar-refractivity contribution in [3.8, 4) is 0 Å². The average molecular weight is 253 g/mol. The first-order valence-electron chi connectivity index (χ1n) is 6.22. The minimum atomic E-state index is -0.786. The molecule has 1 aromatic rings. The van der Waals surface area contributed by atoms with E-state index in [9.17, 15) is 13.6 Å². The van der Waals surface area contributed by atoms with Gasteiger partial charge in [0, 0.05) is 13.1 Å². The van der Waals surface area contributed by atoms with Crippen LogP contribution in [0.5, 0.6) is 0 Å². The number of hydrogen-bond acceptors (Lipinski definition) is 1. The Morgan fingerprint density at radius 3 is 2.17 bits per heavy atom. The molecule has 4 heteroatoms. The fourth-order valence-corrected chi connectivity index (χ4v) is 2.69. The van der Waals surface area contributed by atoms with Gasteiger partial charge in [-0.2, -0.15) is 0 Å². The Balaban J connectivity index is 2.26. The lowest BCUT2D eigenvalue weighted by Gasteiger charge is -2.35. The van der Waals surface area contributed by atoms with E-state index in [0.29, 0.717) is 24.9 Å². The predicted molar refractivity (Wildman–Crippen MR) is 65.2 cm³/mol. The number of halogens is 2. The standard InChI is InChI=1S/C14H17F2NO/c1-9-6-10(2)8-17(7-9)14(18)13-11(15)4-3-5-12(13)16/h3-5,9-10H,6-8H2,1-2H3/t9-,10+. The SMILES string of the molecule is C[C@@H]1C[C@H](C)CN(C(=O)c2c(F)cccc2F)C1. The summed E-state index contributed by atoms with van der Waals surface area (Å²) < 4.78 is 27.1. The van der Waals surface area contributed by atoms with E-state index in [1.54, 1.807) is 4.90 Å². The van der Waals surface area contributed by atoms with Crippen LogP contribution in [0.2, 0.25) is 0 Å². The van der Waals surface area contributed by atoms with Crippen molar-refractivity contribution in [2.75, 3.05) is 13.1 Å². The summed E-state index contributed by atoms with van der Waals surface area (Å²) in [4.78, 5) is 13.7. The van der Waals surface area contributed by atoms with Gasteiger partial charge in [0.25, 0.3) is 5.91 Å². The molecule has 0 unspecified atom stereocenters. The number of carbonyl (C=O) groups excluding carboxylic acids is 1. The lowest BCUT2D eigenvalue weighted by atomic mass is 9.91. The second-order valence-corrected chi connectivity index (χ2v) is 5.25. The van der Waals surface area contributed by atoms with E-state index in [4.69, 9.17) is 0 Å². The number of hydrogen-bond donors (Lipinski definition) is 0. The van der Waals surface area contributed by atoms with Crippen molar-refractivity contribution in [1.82, 2.24) is 4.90 Å². The van der Waals surface area contributed by atoms with Crippen LogP contribution in [0.1, 0.15) is 30.6 Å². The number of rotatable bonds is 1. The van der Waals surface area contributed by atoms with Crippen LogP contribution in [0, 0.1) is 23.5 Å². The topological polar surface area (TPSA) is 20.3 Å². The van der Waals surface area contributed by atoms with Gasteiger partial charge in [-0.25, -0.2) is 8.78 Å². The van der Waals surface area contributed by atoms with Crippen molar-refractivity contribution < 1.29 is 13.6 Å². The third kappa shape index (κ3) is 2.52.